The lowest BCUT2D eigenvalue weighted by atomic mass is 9.82. The third-order valence-electron chi connectivity index (χ3n) is 7.42. The van der Waals surface area contributed by atoms with Gasteiger partial charge in [0.05, 0.1) is 16.4 Å². The van der Waals surface area contributed by atoms with Crippen molar-refractivity contribution >= 4 is 58.0 Å². The fraction of sp³-hybridized carbons (Fsp3) is 0.270. The van der Waals surface area contributed by atoms with Crippen LogP contribution in [0.4, 0.5) is 21.9 Å². The zero-order valence-corrected chi connectivity index (χ0v) is 28.6. The second-order valence-corrected chi connectivity index (χ2v) is 12.6. The number of carbonyl (C=O) groups excluding carboxylic acids is 3. The summed E-state index contributed by atoms with van der Waals surface area (Å²) in [6, 6.07) is 29.0. The van der Waals surface area contributed by atoms with Crippen molar-refractivity contribution in [3.05, 3.63) is 119 Å². The third kappa shape index (κ3) is 8.25. The van der Waals surface area contributed by atoms with Crippen molar-refractivity contribution in [3.8, 4) is 5.75 Å². The Bertz CT molecular complexity index is 1670. The summed E-state index contributed by atoms with van der Waals surface area (Å²) in [6.45, 7) is 10.4. The molecule has 246 valence electrons. The lowest BCUT2D eigenvalue weighted by Gasteiger charge is -2.42. The van der Waals surface area contributed by atoms with Gasteiger partial charge in [0.2, 0.25) is 5.78 Å². The van der Waals surface area contributed by atoms with Crippen LogP contribution in [0.5, 0.6) is 5.75 Å². The molecule has 4 aromatic rings. The number of carbonyl (C=O) groups is 3. The highest BCUT2D eigenvalue weighted by molar-refractivity contribution is 6.37. The molecule has 0 heterocycles. The minimum absolute atomic E-state index is 0.122. The monoisotopic (exact) mass is 675 g/mol. The normalized spacial score (nSPS) is 12.4. The highest BCUT2D eigenvalue weighted by atomic mass is 35.5. The van der Waals surface area contributed by atoms with E-state index in [0.717, 1.165) is 23.7 Å². The maximum Gasteiger partial charge on any atom is 0.418 e. The average molecular weight is 677 g/mol. The Labute approximate surface area is 286 Å². The van der Waals surface area contributed by atoms with Gasteiger partial charge >= 0.3 is 11.8 Å². The van der Waals surface area contributed by atoms with Crippen molar-refractivity contribution in [2.75, 3.05) is 28.2 Å². The summed E-state index contributed by atoms with van der Waals surface area (Å²) in [6.07, 6.45) is -0.977. The largest absolute Gasteiger partial charge is 0.452 e. The lowest BCUT2D eigenvalue weighted by Crippen LogP contribution is -2.70. The van der Waals surface area contributed by atoms with Crippen molar-refractivity contribution in [3.63, 3.8) is 0 Å². The Hall–Kier alpha value is -4.53. The topological polar surface area (TPSA) is 88.2 Å². The maximum atomic E-state index is 14.8. The van der Waals surface area contributed by atoms with E-state index < -0.39 is 28.9 Å². The van der Waals surface area contributed by atoms with E-state index in [4.69, 9.17) is 32.7 Å². The molecule has 0 aliphatic rings. The molecule has 8 nitrogen and oxygen atoms in total. The van der Waals surface area contributed by atoms with Gasteiger partial charge in [0, 0.05) is 29.2 Å². The van der Waals surface area contributed by atoms with E-state index in [9.17, 15) is 14.4 Å². The SMILES string of the molecule is CCN(CC)c1ccc(N(C(=O)OCc2ccccc2)C(Oc2ccccc2)(C(=O)Nc2ccc(Cl)cc2Cl)C(=O)C(C)(C)C)cc1. The number of rotatable bonds is 12. The summed E-state index contributed by atoms with van der Waals surface area (Å²) in [4.78, 5) is 47.2. The zero-order chi connectivity index (χ0) is 34.2. The number of ether oxygens (including phenoxy) is 2. The van der Waals surface area contributed by atoms with Gasteiger partial charge in [-0.05, 0) is 74.0 Å². The molecular weight excluding hydrogens is 637 g/mol. The first-order chi connectivity index (χ1) is 22.4. The first kappa shape index (κ1) is 35.3. The molecular formula is C37H39Cl2N3O5. The number of nitrogens with one attached hydrogen (secondary N) is 1. The van der Waals surface area contributed by atoms with Gasteiger partial charge in [0.15, 0.2) is 0 Å². The molecule has 1 unspecified atom stereocenters. The Morgan fingerprint density at radius 3 is 1.89 bits per heavy atom. The summed E-state index contributed by atoms with van der Waals surface area (Å²) >= 11 is 12.6. The fourth-order valence-electron chi connectivity index (χ4n) is 5.01. The van der Waals surface area contributed by atoms with E-state index in [1.54, 1.807) is 81.4 Å². The average Bonchev–Trinajstić information content (AvgIpc) is 3.06. The summed E-state index contributed by atoms with van der Waals surface area (Å²) in [5, 5.41) is 3.23. The Balaban J connectivity index is 1.97. The number of Topliss-reactive ketones (excluding diaryl/α,β-unsaturated/α-hetero) is 1. The van der Waals surface area contributed by atoms with Crippen LogP contribution in [0.1, 0.15) is 40.2 Å². The summed E-state index contributed by atoms with van der Waals surface area (Å²) in [5.41, 5.74) is -1.84. The van der Waals surface area contributed by atoms with Gasteiger partial charge in [-0.1, -0.05) is 92.5 Å². The maximum absolute atomic E-state index is 14.8. The van der Waals surface area contributed by atoms with E-state index in [1.165, 1.54) is 12.1 Å². The Morgan fingerprint density at radius 1 is 0.766 bits per heavy atom. The standard InChI is InChI=1S/C37H39Cl2N3O5/c1-6-41(7-2)28-19-21-29(22-20-28)42(35(45)46-25-26-14-10-8-11-15-26)37(33(43)36(3,4)5,47-30-16-12-9-13-17-30)34(44)40-32-23-18-27(38)24-31(32)39/h8-24H,6-7,25H2,1-5H3,(H,40,44). The Morgan fingerprint density at radius 2 is 1.34 bits per heavy atom. The zero-order valence-electron chi connectivity index (χ0n) is 27.1. The predicted octanol–water partition coefficient (Wildman–Crippen LogP) is 9.01. The number of halogens is 2. The fourth-order valence-corrected chi connectivity index (χ4v) is 5.47. The van der Waals surface area contributed by atoms with Crippen LogP contribution >= 0.6 is 23.2 Å². The van der Waals surface area contributed by atoms with Gasteiger partial charge in [0.1, 0.15) is 12.4 Å². The molecule has 0 saturated heterocycles. The summed E-state index contributed by atoms with van der Waals surface area (Å²) < 4.78 is 12.3. The van der Waals surface area contributed by atoms with E-state index >= 15 is 0 Å². The lowest BCUT2D eigenvalue weighted by molar-refractivity contribution is -0.151. The minimum Gasteiger partial charge on any atom is -0.452 e. The van der Waals surface area contributed by atoms with Crippen molar-refractivity contribution in [1.82, 2.24) is 0 Å². The van der Waals surface area contributed by atoms with E-state index in [1.807, 2.05) is 44.2 Å². The minimum atomic E-state index is -2.62. The molecule has 4 aromatic carbocycles. The van der Waals surface area contributed by atoms with Gasteiger partial charge in [-0.15, -0.1) is 0 Å². The van der Waals surface area contributed by atoms with E-state index in [0.29, 0.717) is 10.6 Å². The molecule has 0 spiro atoms. The van der Waals surface area contributed by atoms with Crippen LogP contribution in [-0.2, 0) is 20.9 Å². The first-order valence-electron chi connectivity index (χ1n) is 15.3. The van der Waals surface area contributed by atoms with Crippen molar-refractivity contribution < 1.29 is 23.9 Å². The molecule has 1 atom stereocenters. The Kier molecular flexibility index (Phi) is 11.6. The number of hydrogen-bond donors (Lipinski definition) is 1. The van der Waals surface area contributed by atoms with Gasteiger partial charge in [-0.2, -0.15) is 0 Å². The highest BCUT2D eigenvalue weighted by Gasteiger charge is 2.60. The van der Waals surface area contributed by atoms with E-state index in [2.05, 4.69) is 10.2 Å². The van der Waals surface area contributed by atoms with Crippen molar-refractivity contribution in [1.29, 1.82) is 0 Å². The van der Waals surface area contributed by atoms with Crippen LogP contribution in [0.15, 0.2) is 103 Å². The number of nitrogens with zero attached hydrogens (tertiary/aromatic N) is 2. The smallest absolute Gasteiger partial charge is 0.418 e. The number of ketones is 1. The molecule has 2 amide bonds. The molecule has 1 N–H and O–H groups in total. The van der Waals surface area contributed by atoms with Gasteiger partial charge in [-0.3, -0.25) is 9.59 Å². The van der Waals surface area contributed by atoms with E-state index in [-0.39, 0.29) is 28.8 Å². The molecule has 47 heavy (non-hydrogen) atoms. The quantitative estimate of drug-likeness (QED) is 0.119. The predicted molar refractivity (Wildman–Crippen MR) is 188 cm³/mol. The number of benzene rings is 4. The molecule has 0 bridgehead atoms. The second-order valence-electron chi connectivity index (χ2n) is 11.8. The van der Waals surface area contributed by atoms with Crippen molar-refractivity contribution in [2.24, 2.45) is 5.41 Å². The van der Waals surface area contributed by atoms with Crippen LogP contribution in [0, 0.1) is 5.41 Å². The molecule has 4 rings (SSSR count). The number of para-hydroxylation sites is 1. The van der Waals surface area contributed by atoms with Crippen LogP contribution in [0.2, 0.25) is 10.0 Å². The molecule has 0 aromatic heterocycles. The van der Waals surface area contributed by atoms with Crippen LogP contribution in [-0.4, -0.2) is 36.6 Å². The van der Waals surface area contributed by atoms with Gasteiger partial charge in [-0.25, -0.2) is 9.69 Å². The first-order valence-corrected chi connectivity index (χ1v) is 16.1. The molecule has 0 radical (unpaired) electrons. The molecule has 10 heteroatoms. The number of hydrogen-bond acceptors (Lipinski definition) is 6. The van der Waals surface area contributed by atoms with Crippen LogP contribution in [0.25, 0.3) is 0 Å². The summed E-state index contributed by atoms with van der Waals surface area (Å²) in [7, 11) is 0. The van der Waals surface area contributed by atoms with Crippen molar-refractivity contribution in [2.45, 2.75) is 47.0 Å². The second kappa shape index (κ2) is 15.4. The highest BCUT2D eigenvalue weighted by Crippen LogP contribution is 2.38. The molecule has 0 aliphatic heterocycles. The number of anilines is 3. The van der Waals surface area contributed by atoms with Crippen LogP contribution < -0.4 is 19.9 Å². The summed E-state index contributed by atoms with van der Waals surface area (Å²) in [5.74, 6) is -1.50. The van der Waals surface area contributed by atoms with Crippen LogP contribution in [0.3, 0.4) is 0 Å². The molecule has 0 aliphatic carbocycles. The molecule has 0 fully saturated rings. The number of amides is 2. The molecule has 0 saturated carbocycles. The third-order valence-corrected chi connectivity index (χ3v) is 7.97. The van der Waals surface area contributed by atoms with Gasteiger partial charge < -0.3 is 19.7 Å². The van der Waals surface area contributed by atoms with Gasteiger partial charge in [0.25, 0.3) is 5.91 Å².